The summed E-state index contributed by atoms with van der Waals surface area (Å²) < 4.78 is 85.6. The molecule has 0 aliphatic heterocycles. The molecule has 37 heavy (non-hydrogen) atoms. The van der Waals surface area contributed by atoms with Crippen LogP contribution in [0.4, 0.5) is 17.6 Å². The number of hydrogen-bond acceptors (Lipinski definition) is 6. The van der Waals surface area contributed by atoms with Crippen molar-refractivity contribution in [2.45, 2.75) is 46.0 Å². The minimum atomic E-state index is -4.98. The van der Waals surface area contributed by atoms with Crippen molar-refractivity contribution in [3.05, 3.63) is 65.1 Å². The molecule has 0 amide bonds. The summed E-state index contributed by atoms with van der Waals surface area (Å²) in [6, 6.07) is 9.05. The van der Waals surface area contributed by atoms with Crippen molar-refractivity contribution in [2.24, 2.45) is 0 Å². The number of alkyl halides is 3. The number of aromatic nitrogens is 3. The van der Waals surface area contributed by atoms with Crippen LogP contribution in [0.15, 0.2) is 40.9 Å². The van der Waals surface area contributed by atoms with Gasteiger partial charge in [-0.05, 0) is 62.1 Å². The van der Waals surface area contributed by atoms with E-state index in [1.54, 1.807) is 0 Å². The number of sulfone groups is 1. The zero-order valence-corrected chi connectivity index (χ0v) is 21.2. The summed E-state index contributed by atoms with van der Waals surface area (Å²) in [4.78, 5) is 4.76. The summed E-state index contributed by atoms with van der Waals surface area (Å²) in [5.74, 6) is -0.674. The Hall–Kier alpha value is -3.41. The van der Waals surface area contributed by atoms with Crippen LogP contribution in [0.2, 0.25) is 0 Å². The van der Waals surface area contributed by atoms with Crippen molar-refractivity contribution >= 4 is 20.9 Å². The summed E-state index contributed by atoms with van der Waals surface area (Å²) in [6.07, 6.45) is -2.78. The van der Waals surface area contributed by atoms with E-state index in [2.05, 4.69) is 9.89 Å². The van der Waals surface area contributed by atoms with Crippen molar-refractivity contribution in [1.29, 1.82) is 0 Å². The lowest BCUT2D eigenvalue weighted by molar-refractivity contribution is -0.275. The van der Waals surface area contributed by atoms with Gasteiger partial charge in [-0.15, -0.1) is 13.2 Å². The molecular weight excluding hydrogens is 514 g/mol. The van der Waals surface area contributed by atoms with E-state index in [1.807, 2.05) is 36.6 Å². The summed E-state index contributed by atoms with van der Waals surface area (Å²) in [5.41, 5.74) is 4.44. The maximum absolute atomic E-state index is 14.2. The van der Waals surface area contributed by atoms with Gasteiger partial charge in [0.15, 0.2) is 11.6 Å². The largest absolute Gasteiger partial charge is 0.573 e. The molecule has 0 unspecified atom stereocenters. The summed E-state index contributed by atoms with van der Waals surface area (Å²) in [7, 11) is -3.15. The third-order valence-electron chi connectivity index (χ3n) is 5.91. The molecule has 198 valence electrons. The number of rotatable bonds is 9. The van der Waals surface area contributed by atoms with Crippen LogP contribution >= 0.6 is 0 Å². The van der Waals surface area contributed by atoms with Crippen molar-refractivity contribution in [2.75, 3.05) is 12.0 Å². The number of ether oxygens (including phenoxy) is 1. The van der Waals surface area contributed by atoms with Gasteiger partial charge in [0.2, 0.25) is 0 Å². The van der Waals surface area contributed by atoms with Crippen molar-refractivity contribution in [1.82, 2.24) is 14.7 Å². The van der Waals surface area contributed by atoms with Crippen LogP contribution < -0.4 is 4.74 Å². The normalized spacial score (nSPS) is 12.4. The molecule has 0 saturated carbocycles. The Morgan fingerprint density at radius 1 is 1.08 bits per heavy atom. The number of fused-ring (bicyclic) bond motifs is 1. The molecular formula is C25H25F4N3O4S. The molecule has 12 heteroatoms. The number of aryl methyl sites for hydroxylation is 5. The second-order valence-corrected chi connectivity index (χ2v) is 11.1. The maximum atomic E-state index is 14.2. The zero-order chi connectivity index (χ0) is 27.0. The lowest BCUT2D eigenvalue weighted by atomic mass is 10.0. The molecule has 0 atom stereocenters. The van der Waals surface area contributed by atoms with Gasteiger partial charge >= 0.3 is 6.36 Å². The van der Waals surface area contributed by atoms with Gasteiger partial charge in [0.05, 0.1) is 22.5 Å². The minimum Gasteiger partial charge on any atom is -0.403 e. The monoisotopic (exact) mass is 539 g/mol. The number of halogens is 4. The average Bonchev–Trinajstić information content (AvgIpc) is 3.30. The predicted octanol–water partition coefficient (Wildman–Crippen LogP) is 5.57. The van der Waals surface area contributed by atoms with Gasteiger partial charge in [0.1, 0.15) is 21.4 Å². The van der Waals surface area contributed by atoms with Crippen LogP contribution in [0.25, 0.3) is 22.2 Å². The van der Waals surface area contributed by atoms with E-state index < -0.39 is 27.8 Å². The molecule has 0 aliphatic carbocycles. The van der Waals surface area contributed by atoms with Gasteiger partial charge in [0.25, 0.3) is 0 Å². The number of benzene rings is 2. The first-order chi connectivity index (χ1) is 17.3. The van der Waals surface area contributed by atoms with Crippen LogP contribution in [0.1, 0.15) is 29.3 Å². The second kappa shape index (κ2) is 10.2. The highest BCUT2D eigenvalue weighted by Gasteiger charge is 2.32. The number of hydrogen-bond donors (Lipinski definition) is 0. The van der Waals surface area contributed by atoms with E-state index in [9.17, 15) is 26.0 Å². The van der Waals surface area contributed by atoms with Crippen LogP contribution in [0.5, 0.6) is 5.75 Å². The second-order valence-electron chi connectivity index (χ2n) is 8.88. The first-order valence-electron chi connectivity index (χ1n) is 11.4. The highest BCUT2D eigenvalue weighted by atomic mass is 32.2. The van der Waals surface area contributed by atoms with Crippen LogP contribution in [0.3, 0.4) is 0 Å². The summed E-state index contributed by atoms with van der Waals surface area (Å²) in [5, 5.41) is 4.00. The fourth-order valence-electron chi connectivity index (χ4n) is 4.32. The fraction of sp³-hybridized carbons (Fsp3) is 0.360. The van der Waals surface area contributed by atoms with Gasteiger partial charge in [-0.3, -0.25) is 0 Å². The molecule has 2 heterocycles. The van der Waals surface area contributed by atoms with E-state index in [-0.39, 0.29) is 5.75 Å². The molecule has 0 bridgehead atoms. The Morgan fingerprint density at radius 2 is 1.84 bits per heavy atom. The lowest BCUT2D eigenvalue weighted by Gasteiger charge is -2.11. The topological polar surface area (TPSA) is 87.2 Å². The smallest absolute Gasteiger partial charge is 0.403 e. The maximum Gasteiger partial charge on any atom is 0.573 e. The average molecular weight is 540 g/mol. The Balaban J connectivity index is 1.63. The van der Waals surface area contributed by atoms with E-state index in [1.165, 1.54) is 12.3 Å². The predicted molar refractivity (Wildman–Crippen MR) is 130 cm³/mol. The first kappa shape index (κ1) is 26.6. The quantitative estimate of drug-likeness (QED) is 0.259. The summed E-state index contributed by atoms with van der Waals surface area (Å²) >= 11 is 0. The molecule has 0 aliphatic rings. The van der Waals surface area contributed by atoms with E-state index >= 15 is 0 Å². The van der Waals surface area contributed by atoms with Crippen molar-refractivity contribution < 1.29 is 35.2 Å². The molecule has 0 N–H and O–H groups in total. The molecule has 0 fully saturated rings. The highest BCUT2D eigenvalue weighted by molar-refractivity contribution is 7.90. The van der Waals surface area contributed by atoms with Crippen molar-refractivity contribution in [3.8, 4) is 16.9 Å². The molecule has 2 aromatic heterocycles. The molecule has 0 spiro atoms. The van der Waals surface area contributed by atoms with Gasteiger partial charge in [-0.2, -0.15) is 0 Å². The van der Waals surface area contributed by atoms with Gasteiger partial charge in [0, 0.05) is 24.8 Å². The van der Waals surface area contributed by atoms with Crippen LogP contribution in [0, 0.1) is 19.7 Å². The zero-order valence-electron chi connectivity index (χ0n) is 20.4. The molecule has 2 aromatic carbocycles. The van der Waals surface area contributed by atoms with Gasteiger partial charge < -0.3 is 13.8 Å². The van der Waals surface area contributed by atoms with Gasteiger partial charge in [-0.1, -0.05) is 17.3 Å². The van der Waals surface area contributed by atoms with E-state index in [0.717, 1.165) is 34.5 Å². The Labute approximate surface area is 211 Å². The molecule has 4 aromatic rings. The Morgan fingerprint density at radius 3 is 2.46 bits per heavy atom. The third-order valence-corrected chi connectivity index (χ3v) is 6.94. The van der Waals surface area contributed by atoms with E-state index in [4.69, 9.17) is 9.51 Å². The minimum absolute atomic E-state index is 0.00908. The SMILES string of the molecule is Cc1noc(C)c1-c1ccc2c(c1)nc(CCc1ccc(OC(F)(F)F)c(F)c1)n2CCCS(C)(=O)=O. The van der Waals surface area contributed by atoms with E-state index in [0.29, 0.717) is 48.5 Å². The Bertz CT molecular complexity index is 1520. The molecule has 4 rings (SSSR count). The van der Waals surface area contributed by atoms with Crippen molar-refractivity contribution in [3.63, 3.8) is 0 Å². The number of imidazole rings is 1. The van der Waals surface area contributed by atoms with Gasteiger partial charge in [-0.25, -0.2) is 17.8 Å². The lowest BCUT2D eigenvalue weighted by Crippen LogP contribution is -2.18. The standard InChI is InChI=1S/C25H25F4N3O4S/c1-15-24(16(2)36-31-15)18-7-8-21-20(14-18)30-23(32(21)11-4-12-37(3,33)34)10-6-17-5-9-22(19(26)13-17)35-25(27,28)29/h5,7-9,13-14H,4,6,10-12H2,1-3H3. The molecule has 7 nitrogen and oxygen atoms in total. The third kappa shape index (κ3) is 6.48. The number of nitrogens with zero attached hydrogens (tertiary/aromatic N) is 3. The summed E-state index contributed by atoms with van der Waals surface area (Å²) in [6.45, 7) is 4.06. The van der Waals surface area contributed by atoms with Crippen LogP contribution in [-0.4, -0.2) is 41.5 Å². The first-order valence-corrected chi connectivity index (χ1v) is 13.5. The Kier molecular flexibility index (Phi) is 7.31. The fourth-order valence-corrected chi connectivity index (χ4v) is 4.97. The molecule has 0 radical (unpaired) electrons. The molecule has 0 saturated heterocycles. The highest BCUT2D eigenvalue weighted by Crippen LogP contribution is 2.31. The van der Waals surface area contributed by atoms with Crippen LogP contribution in [-0.2, 0) is 29.2 Å².